The monoisotopic (exact) mass is 520 g/mol. The van der Waals surface area contributed by atoms with E-state index in [0.29, 0.717) is 29.5 Å². The van der Waals surface area contributed by atoms with Crippen LogP contribution in [0, 0.1) is 11.8 Å². The highest BCUT2D eigenvalue weighted by Crippen LogP contribution is 2.28. The number of hydrazone groups is 1. The van der Waals surface area contributed by atoms with Gasteiger partial charge in [-0.3, -0.25) is 5.43 Å². The minimum Gasteiger partial charge on any atom is -0.491 e. The van der Waals surface area contributed by atoms with Gasteiger partial charge in [-0.25, -0.2) is 14.4 Å². The van der Waals surface area contributed by atoms with Crippen molar-refractivity contribution < 1.29 is 13.9 Å². The van der Waals surface area contributed by atoms with Crippen LogP contribution in [0.15, 0.2) is 98.7 Å². The molecule has 0 bridgehead atoms. The molecule has 194 valence electrons. The van der Waals surface area contributed by atoms with Crippen LogP contribution in [0.2, 0.25) is 0 Å². The molecule has 37 heavy (non-hydrogen) atoms. The second-order valence-corrected chi connectivity index (χ2v) is 9.58. The number of thioether (sulfide) groups is 1. The van der Waals surface area contributed by atoms with Crippen LogP contribution in [0.25, 0.3) is 0 Å². The van der Waals surface area contributed by atoms with Crippen LogP contribution in [0.3, 0.4) is 0 Å². The molecule has 0 radical (unpaired) electrons. The Hall–Kier alpha value is -3.57. The molecular formula is C29H33FN4O2S. The molecule has 3 rings (SSSR count). The molecule has 6 nitrogen and oxygen atoms in total. The molecule has 3 unspecified atom stereocenters. The minimum atomic E-state index is -0.362. The van der Waals surface area contributed by atoms with E-state index in [1.807, 2.05) is 37.4 Å². The molecule has 0 aromatic rings. The molecular weight excluding hydrogens is 487 g/mol. The van der Waals surface area contributed by atoms with E-state index in [-0.39, 0.29) is 23.3 Å². The van der Waals surface area contributed by atoms with Gasteiger partial charge in [0.1, 0.15) is 23.2 Å². The molecule has 0 aromatic carbocycles. The van der Waals surface area contributed by atoms with Crippen LogP contribution < -0.4 is 5.43 Å². The van der Waals surface area contributed by atoms with Crippen molar-refractivity contribution in [2.24, 2.45) is 15.1 Å². The molecule has 0 amide bonds. The summed E-state index contributed by atoms with van der Waals surface area (Å²) in [7, 11) is 0. The molecule has 0 saturated heterocycles. The molecule has 3 aliphatic rings. The van der Waals surface area contributed by atoms with Crippen molar-refractivity contribution in [2.45, 2.75) is 58.1 Å². The Morgan fingerprint density at radius 2 is 2.27 bits per heavy atom. The highest BCUT2D eigenvalue weighted by Gasteiger charge is 2.28. The van der Waals surface area contributed by atoms with E-state index in [0.717, 1.165) is 23.3 Å². The topological polar surface area (TPSA) is 67.6 Å². The van der Waals surface area contributed by atoms with Crippen LogP contribution >= 0.6 is 11.8 Å². The zero-order chi connectivity index (χ0) is 26.6. The molecule has 0 saturated carbocycles. The summed E-state index contributed by atoms with van der Waals surface area (Å²) >= 11 is 1.43. The average Bonchev–Trinajstić information content (AvgIpc) is 3.25. The number of nitrogens with zero attached hydrogens (tertiary/aromatic N) is 3. The fraction of sp³-hybridized carbons (Fsp3) is 0.345. The highest BCUT2D eigenvalue weighted by molar-refractivity contribution is 8.14. The first-order valence-electron chi connectivity index (χ1n) is 12.2. The lowest BCUT2D eigenvalue weighted by molar-refractivity contribution is 0.161. The lowest BCUT2D eigenvalue weighted by atomic mass is 10.1. The number of aliphatic imine (C=N–C) groups is 2. The second-order valence-electron chi connectivity index (χ2n) is 8.43. The fourth-order valence-corrected chi connectivity index (χ4v) is 4.28. The maximum atomic E-state index is 13.7. The van der Waals surface area contributed by atoms with Gasteiger partial charge < -0.3 is 9.47 Å². The maximum Gasteiger partial charge on any atom is 0.217 e. The van der Waals surface area contributed by atoms with Gasteiger partial charge in [-0.2, -0.15) is 5.10 Å². The van der Waals surface area contributed by atoms with Crippen molar-refractivity contribution in [3.05, 3.63) is 83.6 Å². The van der Waals surface area contributed by atoms with Crippen molar-refractivity contribution in [3.63, 3.8) is 0 Å². The first-order valence-corrected chi connectivity index (χ1v) is 13.1. The van der Waals surface area contributed by atoms with Crippen molar-refractivity contribution >= 4 is 28.9 Å². The lowest BCUT2D eigenvalue weighted by Gasteiger charge is -2.28. The summed E-state index contributed by atoms with van der Waals surface area (Å²) < 4.78 is 26.0. The number of hydrogen-bond donors (Lipinski definition) is 1. The maximum absolute atomic E-state index is 13.7. The van der Waals surface area contributed by atoms with Gasteiger partial charge in [-0.05, 0) is 57.4 Å². The molecule has 0 fully saturated rings. The van der Waals surface area contributed by atoms with Crippen molar-refractivity contribution in [1.29, 1.82) is 0 Å². The number of ether oxygens (including phenoxy) is 2. The molecule has 1 N–H and O–H groups in total. The zero-order valence-electron chi connectivity index (χ0n) is 21.7. The predicted octanol–water partition coefficient (Wildman–Crippen LogP) is 6.31. The minimum absolute atomic E-state index is 0.0567. The Labute approximate surface area is 223 Å². The second kappa shape index (κ2) is 14.2. The molecule has 2 heterocycles. The summed E-state index contributed by atoms with van der Waals surface area (Å²) in [5.74, 6) is 6.69. The first kappa shape index (κ1) is 28.0. The standard InChI is InChI=1S/C29H33FN4O2S/c1-6-10-27(31-17-20(4)7-2)37-28-16-24(33-29(36-28)21(5)13-14-23(30)8-3)19-35-25-11-9-12-26-22(15-25)18-32-34-26/h8-9,11-15,17-18,24,26,28,34H,5,7,16,19H2,1-4H3/b14-13-,20-17-,23-8+,31-27?. The third-order valence-corrected chi connectivity index (χ3v) is 6.52. The molecule has 8 heteroatoms. The Morgan fingerprint density at radius 1 is 1.43 bits per heavy atom. The lowest BCUT2D eigenvalue weighted by Crippen LogP contribution is -2.31. The van der Waals surface area contributed by atoms with Gasteiger partial charge in [0.25, 0.3) is 0 Å². The summed E-state index contributed by atoms with van der Waals surface area (Å²) in [5, 5.41) is 4.77. The highest BCUT2D eigenvalue weighted by atomic mass is 32.2. The van der Waals surface area contributed by atoms with Crippen LogP contribution in [0.5, 0.6) is 0 Å². The number of hydrogen-bond acceptors (Lipinski definition) is 7. The summed E-state index contributed by atoms with van der Waals surface area (Å²) in [6.07, 6.45) is 17.3. The van der Waals surface area contributed by atoms with Crippen LogP contribution in [-0.2, 0) is 9.47 Å². The Balaban J connectivity index is 1.78. The molecule has 0 aromatic heterocycles. The third kappa shape index (κ3) is 8.80. The predicted molar refractivity (Wildman–Crippen MR) is 153 cm³/mol. The quantitative estimate of drug-likeness (QED) is 0.167. The molecule has 0 spiro atoms. The SMILES string of the molecule is C=C(/C=C\C(F)=C/C)C1=NC(COC2=CC=CC3NN=CC3=C2)CC(SC(C#CC)=N/C=C(/C)CC)O1. The van der Waals surface area contributed by atoms with Crippen LogP contribution in [-0.4, -0.2) is 41.3 Å². The van der Waals surface area contributed by atoms with E-state index in [2.05, 4.69) is 40.9 Å². The first-order chi connectivity index (χ1) is 17.9. The zero-order valence-corrected chi connectivity index (χ0v) is 22.5. The van der Waals surface area contributed by atoms with Gasteiger partial charge >= 0.3 is 0 Å². The van der Waals surface area contributed by atoms with Gasteiger partial charge in [0.05, 0.1) is 18.3 Å². The third-order valence-electron chi connectivity index (χ3n) is 5.54. The molecule has 3 atom stereocenters. The van der Waals surface area contributed by atoms with E-state index in [1.54, 1.807) is 26.1 Å². The van der Waals surface area contributed by atoms with Gasteiger partial charge in [0, 0.05) is 23.8 Å². The van der Waals surface area contributed by atoms with Gasteiger partial charge in [-0.15, -0.1) is 0 Å². The van der Waals surface area contributed by atoms with Gasteiger partial charge in [0.15, 0.2) is 5.44 Å². The fourth-order valence-electron chi connectivity index (χ4n) is 3.30. The summed E-state index contributed by atoms with van der Waals surface area (Å²) in [4.78, 5) is 9.28. The molecule has 2 aliphatic heterocycles. The summed E-state index contributed by atoms with van der Waals surface area (Å²) in [5.41, 5.74) is 5.38. The summed E-state index contributed by atoms with van der Waals surface area (Å²) in [6.45, 7) is 11.9. The number of fused-ring (bicyclic) bond motifs is 1. The summed E-state index contributed by atoms with van der Waals surface area (Å²) in [6, 6.07) is -0.152. The van der Waals surface area contributed by atoms with Gasteiger partial charge in [-0.1, -0.05) is 55.0 Å². The molecule has 1 aliphatic carbocycles. The largest absolute Gasteiger partial charge is 0.491 e. The van der Waals surface area contributed by atoms with Crippen molar-refractivity contribution in [1.82, 2.24) is 5.43 Å². The normalized spacial score (nSPS) is 23.6. The van der Waals surface area contributed by atoms with Crippen LogP contribution in [0.1, 0.15) is 40.5 Å². The van der Waals surface area contributed by atoms with Crippen molar-refractivity contribution in [2.75, 3.05) is 6.61 Å². The van der Waals surface area contributed by atoms with Crippen molar-refractivity contribution in [3.8, 4) is 11.8 Å². The number of halogens is 1. The van der Waals surface area contributed by atoms with E-state index in [1.165, 1.54) is 23.9 Å². The van der Waals surface area contributed by atoms with Crippen LogP contribution in [0.4, 0.5) is 4.39 Å². The smallest absolute Gasteiger partial charge is 0.217 e. The Morgan fingerprint density at radius 3 is 3.03 bits per heavy atom. The Bertz CT molecular complexity index is 1210. The van der Waals surface area contributed by atoms with Gasteiger partial charge in [0.2, 0.25) is 5.90 Å². The number of rotatable bonds is 9. The average molecular weight is 521 g/mol. The van der Waals surface area contributed by atoms with E-state index in [4.69, 9.17) is 14.5 Å². The van der Waals surface area contributed by atoms with E-state index in [9.17, 15) is 4.39 Å². The van der Waals surface area contributed by atoms with E-state index < -0.39 is 0 Å². The number of allylic oxidation sites excluding steroid dienone is 7. The van der Waals surface area contributed by atoms with E-state index >= 15 is 0 Å². The Kier molecular flexibility index (Phi) is 10.8. The number of nitrogens with one attached hydrogen (secondary N) is 1.